The van der Waals surface area contributed by atoms with E-state index in [9.17, 15) is 14.0 Å². The Morgan fingerprint density at radius 3 is 2.62 bits per heavy atom. The van der Waals surface area contributed by atoms with Crippen molar-refractivity contribution in [1.82, 2.24) is 0 Å². The largest absolute Gasteiger partial charge is 0.244 e. The van der Waals surface area contributed by atoms with Crippen molar-refractivity contribution in [3.8, 4) is 6.07 Å². The first kappa shape index (κ1) is 13.9. The lowest BCUT2D eigenvalue weighted by atomic mass is 9.96. The molecule has 0 saturated heterocycles. The van der Waals surface area contributed by atoms with Crippen LogP contribution in [0.15, 0.2) is 23.2 Å². The Hall–Kier alpha value is -2.06. The van der Waals surface area contributed by atoms with Crippen LogP contribution in [-0.4, -0.2) is 6.21 Å². The van der Waals surface area contributed by atoms with Gasteiger partial charge in [0.15, 0.2) is 0 Å². The minimum Gasteiger partial charge on any atom is -0.244 e. The van der Waals surface area contributed by atoms with Crippen LogP contribution in [0.25, 0.3) is 0 Å². The molecule has 2 nitrogen and oxygen atoms in total. The molecule has 0 spiro atoms. The van der Waals surface area contributed by atoms with Gasteiger partial charge in [0.2, 0.25) is 0 Å². The molecular weight excluding hydrogens is 290 g/mol. The van der Waals surface area contributed by atoms with Gasteiger partial charge in [-0.15, -0.1) is 11.3 Å². The zero-order valence-electron chi connectivity index (χ0n) is 11.2. The second kappa shape index (κ2) is 5.74. The third-order valence-electron chi connectivity index (χ3n) is 3.58. The van der Waals surface area contributed by atoms with E-state index in [1.54, 1.807) is 0 Å². The molecule has 2 aromatic rings. The molecule has 0 fully saturated rings. The number of aliphatic imine (C=N–C) groups is 1. The van der Waals surface area contributed by atoms with Gasteiger partial charge in [0.05, 0.1) is 11.1 Å². The minimum absolute atomic E-state index is 0.173. The lowest BCUT2D eigenvalue weighted by molar-refractivity contribution is 0.580. The van der Waals surface area contributed by atoms with E-state index in [-0.39, 0.29) is 5.56 Å². The topological polar surface area (TPSA) is 36.1 Å². The van der Waals surface area contributed by atoms with E-state index in [1.165, 1.54) is 40.6 Å². The summed E-state index contributed by atoms with van der Waals surface area (Å²) in [4.78, 5) is 5.34. The van der Waals surface area contributed by atoms with Crippen molar-refractivity contribution in [2.24, 2.45) is 4.99 Å². The highest BCUT2D eigenvalue weighted by atomic mass is 32.1. The van der Waals surface area contributed by atoms with Gasteiger partial charge in [-0.3, -0.25) is 0 Å². The highest BCUT2D eigenvalue weighted by Crippen LogP contribution is 2.39. The van der Waals surface area contributed by atoms with Gasteiger partial charge in [-0.05, 0) is 43.4 Å². The Morgan fingerprint density at radius 1 is 1.19 bits per heavy atom. The number of nitriles is 1. The number of aryl methyl sites for hydroxylation is 1. The predicted octanol–water partition coefficient (Wildman–Crippen LogP) is 4.53. The number of rotatable bonds is 2. The Bertz CT molecular complexity index is 736. The van der Waals surface area contributed by atoms with Crippen molar-refractivity contribution in [3.63, 3.8) is 0 Å². The fraction of sp³-hybridized carbons (Fsp3) is 0.250. The lowest BCUT2D eigenvalue weighted by Crippen LogP contribution is -1.99. The smallest absolute Gasteiger partial charge is 0.134 e. The van der Waals surface area contributed by atoms with Crippen LogP contribution in [0, 0.1) is 23.0 Å². The van der Waals surface area contributed by atoms with Gasteiger partial charge in [0, 0.05) is 11.1 Å². The third-order valence-corrected chi connectivity index (χ3v) is 4.77. The van der Waals surface area contributed by atoms with Gasteiger partial charge in [-0.2, -0.15) is 5.26 Å². The standard InChI is InChI=1S/C16H12F2N2S/c17-13-5-3-6-14(18)12(13)9-20-16-11(8-19)10-4-1-2-7-15(10)21-16/h3,5-6,9H,1-2,4,7H2/b20-9+. The summed E-state index contributed by atoms with van der Waals surface area (Å²) >= 11 is 1.45. The maximum absolute atomic E-state index is 13.6. The number of benzene rings is 1. The second-order valence-electron chi connectivity index (χ2n) is 4.90. The van der Waals surface area contributed by atoms with E-state index >= 15 is 0 Å². The number of halogens is 2. The highest BCUT2D eigenvalue weighted by Gasteiger charge is 2.20. The molecule has 106 valence electrons. The van der Waals surface area contributed by atoms with Crippen LogP contribution in [0.3, 0.4) is 0 Å². The first-order chi connectivity index (χ1) is 10.2. The first-order valence-corrected chi connectivity index (χ1v) is 7.55. The maximum Gasteiger partial charge on any atom is 0.134 e. The summed E-state index contributed by atoms with van der Waals surface area (Å²) in [6, 6.07) is 5.87. The van der Waals surface area contributed by atoms with E-state index in [0.29, 0.717) is 10.6 Å². The normalized spacial score (nSPS) is 14.1. The van der Waals surface area contributed by atoms with Crippen molar-refractivity contribution >= 4 is 22.6 Å². The van der Waals surface area contributed by atoms with E-state index in [4.69, 9.17) is 0 Å². The molecule has 1 aliphatic rings. The summed E-state index contributed by atoms with van der Waals surface area (Å²) in [7, 11) is 0. The van der Waals surface area contributed by atoms with Crippen LogP contribution >= 0.6 is 11.3 Å². The van der Waals surface area contributed by atoms with Crippen molar-refractivity contribution < 1.29 is 8.78 Å². The molecule has 0 amide bonds. The van der Waals surface area contributed by atoms with Gasteiger partial charge in [0.25, 0.3) is 0 Å². The van der Waals surface area contributed by atoms with E-state index < -0.39 is 11.6 Å². The summed E-state index contributed by atoms with van der Waals surface area (Å²) in [5.74, 6) is -1.31. The molecule has 0 atom stereocenters. The van der Waals surface area contributed by atoms with Crippen LogP contribution in [-0.2, 0) is 12.8 Å². The van der Waals surface area contributed by atoms with Gasteiger partial charge < -0.3 is 0 Å². The third kappa shape index (κ3) is 2.59. The van der Waals surface area contributed by atoms with E-state index in [1.807, 2.05) is 0 Å². The quantitative estimate of drug-likeness (QED) is 0.751. The van der Waals surface area contributed by atoms with Crippen molar-refractivity contribution in [1.29, 1.82) is 5.26 Å². The molecule has 1 heterocycles. The molecule has 5 heteroatoms. The lowest BCUT2D eigenvalue weighted by Gasteiger charge is -2.09. The van der Waals surface area contributed by atoms with E-state index in [0.717, 1.165) is 31.2 Å². The number of hydrogen-bond donors (Lipinski definition) is 0. The van der Waals surface area contributed by atoms with Crippen molar-refractivity contribution in [2.45, 2.75) is 25.7 Å². The average molecular weight is 302 g/mol. The molecule has 1 aliphatic carbocycles. The molecule has 1 aromatic carbocycles. The molecule has 3 rings (SSSR count). The van der Waals surface area contributed by atoms with Gasteiger partial charge >= 0.3 is 0 Å². The summed E-state index contributed by atoms with van der Waals surface area (Å²) in [5.41, 5.74) is 1.45. The Kier molecular flexibility index (Phi) is 3.80. The van der Waals surface area contributed by atoms with Crippen molar-refractivity contribution in [2.75, 3.05) is 0 Å². The Morgan fingerprint density at radius 2 is 1.90 bits per heavy atom. The first-order valence-electron chi connectivity index (χ1n) is 6.73. The van der Waals surface area contributed by atoms with Crippen molar-refractivity contribution in [3.05, 3.63) is 51.4 Å². The highest BCUT2D eigenvalue weighted by molar-refractivity contribution is 7.16. The minimum atomic E-state index is -0.654. The van der Waals surface area contributed by atoms with Gasteiger partial charge in [-0.25, -0.2) is 13.8 Å². The summed E-state index contributed by atoms with van der Waals surface area (Å²) in [6.45, 7) is 0. The molecule has 0 N–H and O–H groups in total. The predicted molar refractivity (Wildman–Crippen MR) is 79.3 cm³/mol. The number of hydrogen-bond acceptors (Lipinski definition) is 3. The van der Waals surface area contributed by atoms with Crippen LogP contribution in [0.1, 0.15) is 34.4 Å². The van der Waals surface area contributed by atoms with Crippen LogP contribution in [0.4, 0.5) is 13.8 Å². The molecule has 1 aromatic heterocycles. The monoisotopic (exact) mass is 302 g/mol. The zero-order valence-corrected chi connectivity index (χ0v) is 12.0. The van der Waals surface area contributed by atoms with Crippen LogP contribution in [0.2, 0.25) is 0 Å². The summed E-state index contributed by atoms with van der Waals surface area (Å²) in [6.07, 6.45) is 5.20. The molecule has 0 aliphatic heterocycles. The average Bonchev–Trinajstić information content (AvgIpc) is 2.84. The Labute approximate surface area is 125 Å². The maximum atomic E-state index is 13.6. The summed E-state index contributed by atoms with van der Waals surface area (Å²) in [5, 5.41) is 9.85. The SMILES string of the molecule is N#Cc1c(/N=C/c2c(F)cccc2F)sc2c1CCCC2. The van der Waals surface area contributed by atoms with Crippen LogP contribution < -0.4 is 0 Å². The number of fused-ring (bicyclic) bond motifs is 1. The zero-order chi connectivity index (χ0) is 14.8. The molecule has 0 bridgehead atoms. The second-order valence-corrected chi connectivity index (χ2v) is 5.98. The number of thiophene rings is 1. The fourth-order valence-corrected chi connectivity index (χ4v) is 3.70. The molecule has 0 radical (unpaired) electrons. The molecular formula is C16H12F2N2S. The Balaban J connectivity index is 2.01. The fourth-order valence-electron chi connectivity index (χ4n) is 2.51. The van der Waals surface area contributed by atoms with Gasteiger partial charge in [-0.1, -0.05) is 6.07 Å². The molecule has 0 saturated carbocycles. The van der Waals surface area contributed by atoms with E-state index in [2.05, 4.69) is 11.1 Å². The molecule has 0 unspecified atom stereocenters. The summed E-state index contributed by atoms with van der Waals surface area (Å²) < 4.78 is 27.1. The van der Waals surface area contributed by atoms with Gasteiger partial charge in [0.1, 0.15) is 22.7 Å². The molecule has 21 heavy (non-hydrogen) atoms. The van der Waals surface area contributed by atoms with Crippen LogP contribution in [0.5, 0.6) is 0 Å². The number of nitrogens with zero attached hydrogens (tertiary/aromatic N) is 2.